The van der Waals surface area contributed by atoms with Crippen molar-refractivity contribution in [2.24, 2.45) is 5.92 Å². The summed E-state index contributed by atoms with van der Waals surface area (Å²) < 4.78 is 26.9. The maximum Gasteiger partial charge on any atom is 0.230 e. The SMILES string of the molecule is CCCCS(=O)(=O)N1CCCC(C(=O)Nc2nnc(SCC)s2)C1. The number of rotatable bonds is 8. The van der Waals surface area contributed by atoms with E-state index in [1.807, 2.05) is 13.8 Å². The van der Waals surface area contributed by atoms with E-state index in [0.717, 1.165) is 16.5 Å². The van der Waals surface area contributed by atoms with Crippen LogP contribution in [0.1, 0.15) is 39.5 Å². The van der Waals surface area contributed by atoms with Crippen molar-refractivity contribution < 1.29 is 13.2 Å². The van der Waals surface area contributed by atoms with E-state index in [-0.39, 0.29) is 24.1 Å². The van der Waals surface area contributed by atoms with Gasteiger partial charge in [0, 0.05) is 13.1 Å². The van der Waals surface area contributed by atoms with Gasteiger partial charge < -0.3 is 5.32 Å². The van der Waals surface area contributed by atoms with E-state index in [1.165, 1.54) is 15.6 Å². The number of amides is 1. The summed E-state index contributed by atoms with van der Waals surface area (Å²) in [5.41, 5.74) is 0. The minimum atomic E-state index is -3.26. The molecule has 1 fully saturated rings. The number of piperidine rings is 1. The molecule has 1 aliphatic heterocycles. The molecule has 1 amide bonds. The van der Waals surface area contributed by atoms with Crippen LogP contribution in [0.3, 0.4) is 0 Å². The number of aromatic nitrogens is 2. The average Bonchev–Trinajstić information content (AvgIpc) is 3.00. The third-order valence-electron chi connectivity index (χ3n) is 3.81. The predicted octanol–water partition coefficient (Wildman–Crippen LogP) is 2.43. The van der Waals surface area contributed by atoms with E-state index >= 15 is 0 Å². The number of thioether (sulfide) groups is 1. The van der Waals surface area contributed by atoms with Gasteiger partial charge in [0.25, 0.3) is 0 Å². The van der Waals surface area contributed by atoms with Crippen molar-refractivity contribution in [2.45, 2.75) is 43.9 Å². The number of sulfonamides is 1. The third-order valence-corrected chi connectivity index (χ3v) is 7.59. The van der Waals surface area contributed by atoms with Crippen LogP contribution in [0.2, 0.25) is 0 Å². The standard InChI is InChI=1S/C14H24N4O3S3/c1-3-5-9-24(20,21)18-8-6-7-11(10-18)12(19)15-13-16-17-14(23-13)22-4-2/h11H,3-10H2,1-2H3,(H,15,16,19). The number of hydrogen-bond donors (Lipinski definition) is 1. The first kappa shape index (κ1) is 19.6. The molecule has 0 aromatic carbocycles. The number of carbonyl (C=O) groups is 1. The van der Waals surface area contributed by atoms with Crippen LogP contribution >= 0.6 is 23.1 Å². The van der Waals surface area contributed by atoms with Gasteiger partial charge in [-0.3, -0.25) is 4.79 Å². The quantitative estimate of drug-likeness (QED) is 0.539. The topological polar surface area (TPSA) is 92.3 Å². The Balaban J connectivity index is 1.94. The maximum absolute atomic E-state index is 12.4. The van der Waals surface area contributed by atoms with Crippen LogP contribution in [0.4, 0.5) is 5.13 Å². The maximum atomic E-state index is 12.4. The lowest BCUT2D eigenvalue weighted by Crippen LogP contribution is -2.44. The number of unbranched alkanes of at least 4 members (excludes halogenated alkanes) is 1. The number of anilines is 1. The molecule has 1 atom stereocenters. The van der Waals surface area contributed by atoms with Gasteiger partial charge in [0.15, 0.2) is 4.34 Å². The molecule has 7 nitrogen and oxygen atoms in total. The summed E-state index contributed by atoms with van der Waals surface area (Å²) >= 11 is 2.92. The lowest BCUT2D eigenvalue weighted by Gasteiger charge is -2.31. The molecule has 1 aliphatic rings. The van der Waals surface area contributed by atoms with Crippen molar-refractivity contribution in [3.8, 4) is 0 Å². The van der Waals surface area contributed by atoms with Crippen LogP contribution in [-0.4, -0.2) is 53.4 Å². The van der Waals surface area contributed by atoms with E-state index < -0.39 is 10.0 Å². The van der Waals surface area contributed by atoms with Crippen LogP contribution in [-0.2, 0) is 14.8 Å². The second-order valence-electron chi connectivity index (χ2n) is 5.66. The molecule has 2 rings (SSSR count). The van der Waals surface area contributed by atoms with Crippen molar-refractivity contribution in [3.05, 3.63) is 0 Å². The van der Waals surface area contributed by atoms with Crippen LogP contribution in [0, 0.1) is 5.92 Å². The van der Waals surface area contributed by atoms with Crippen LogP contribution in [0.15, 0.2) is 4.34 Å². The minimum Gasteiger partial charge on any atom is -0.300 e. The highest BCUT2D eigenvalue weighted by Crippen LogP contribution is 2.26. The zero-order valence-electron chi connectivity index (χ0n) is 14.0. The Bertz CT molecular complexity index is 647. The monoisotopic (exact) mass is 392 g/mol. The first-order valence-corrected chi connectivity index (χ1v) is 11.6. The third kappa shape index (κ3) is 5.40. The molecule has 0 aliphatic carbocycles. The summed E-state index contributed by atoms with van der Waals surface area (Å²) in [6, 6.07) is 0. The second-order valence-corrected chi connectivity index (χ2v) is 10.2. The smallest absolute Gasteiger partial charge is 0.230 e. The zero-order chi connectivity index (χ0) is 17.6. The van der Waals surface area contributed by atoms with Crippen LogP contribution in [0.5, 0.6) is 0 Å². The second kappa shape index (κ2) is 9.12. The number of nitrogens with zero attached hydrogens (tertiary/aromatic N) is 3. The average molecular weight is 393 g/mol. The van der Waals surface area contributed by atoms with Gasteiger partial charge >= 0.3 is 0 Å². The molecule has 1 aromatic rings. The molecule has 136 valence electrons. The summed E-state index contributed by atoms with van der Waals surface area (Å²) in [5, 5.41) is 11.2. The fourth-order valence-electron chi connectivity index (χ4n) is 2.51. The first-order valence-electron chi connectivity index (χ1n) is 8.21. The molecule has 1 saturated heterocycles. The van der Waals surface area contributed by atoms with E-state index in [9.17, 15) is 13.2 Å². The summed E-state index contributed by atoms with van der Waals surface area (Å²) in [7, 11) is -3.26. The lowest BCUT2D eigenvalue weighted by molar-refractivity contribution is -0.120. The predicted molar refractivity (Wildman–Crippen MR) is 97.9 cm³/mol. The van der Waals surface area contributed by atoms with Gasteiger partial charge in [-0.1, -0.05) is 43.4 Å². The first-order chi connectivity index (χ1) is 11.5. The van der Waals surface area contributed by atoms with Gasteiger partial charge in [0.2, 0.25) is 21.1 Å². The highest BCUT2D eigenvalue weighted by molar-refractivity contribution is 8.01. The highest BCUT2D eigenvalue weighted by Gasteiger charge is 2.32. The van der Waals surface area contributed by atoms with Crippen LogP contribution < -0.4 is 5.32 Å². The molecular weight excluding hydrogens is 368 g/mol. The van der Waals surface area contributed by atoms with Gasteiger partial charge in [-0.25, -0.2) is 12.7 Å². The minimum absolute atomic E-state index is 0.159. The van der Waals surface area contributed by atoms with Crippen molar-refractivity contribution in [1.29, 1.82) is 0 Å². The summed E-state index contributed by atoms with van der Waals surface area (Å²) in [5.74, 6) is 0.553. The van der Waals surface area contributed by atoms with E-state index in [2.05, 4.69) is 15.5 Å². The normalized spacial score (nSPS) is 19.3. The van der Waals surface area contributed by atoms with Gasteiger partial charge in [-0.15, -0.1) is 10.2 Å². The fourth-order valence-corrected chi connectivity index (χ4v) is 5.89. The van der Waals surface area contributed by atoms with Crippen LogP contribution in [0.25, 0.3) is 0 Å². The summed E-state index contributed by atoms with van der Waals surface area (Å²) in [6.07, 6.45) is 2.89. The van der Waals surface area contributed by atoms with E-state index in [4.69, 9.17) is 0 Å². The number of nitrogens with one attached hydrogen (secondary N) is 1. The number of hydrogen-bond acceptors (Lipinski definition) is 7. The Morgan fingerprint density at radius 2 is 2.21 bits per heavy atom. The Labute approximate surface area is 151 Å². The molecule has 2 heterocycles. The Kier molecular flexibility index (Phi) is 7.45. The van der Waals surface area contributed by atoms with Crippen molar-refractivity contribution in [3.63, 3.8) is 0 Å². The van der Waals surface area contributed by atoms with Gasteiger partial charge in [-0.05, 0) is 25.0 Å². The lowest BCUT2D eigenvalue weighted by atomic mass is 9.99. The molecule has 1 unspecified atom stereocenters. The number of carbonyl (C=O) groups excluding carboxylic acids is 1. The molecule has 0 spiro atoms. The molecule has 0 radical (unpaired) electrons. The molecule has 24 heavy (non-hydrogen) atoms. The van der Waals surface area contributed by atoms with Gasteiger partial charge in [-0.2, -0.15) is 0 Å². The van der Waals surface area contributed by atoms with E-state index in [1.54, 1.807) is 11.8 Å². The van der Waals surface area contributed by atoms with Crippen molar-refractivity contribution in [1.82, 2.24) is 14.5 Å². The molecule has 1 aromatic heterocycles. The Morgan fingerprint density at radius 1 is 1.42 bits per heavy atom. The summed E-state index contributed by atoms with van der Waals surface area (Å²) in [4.78, 5) is 12.4. The van der Waals surface area contributed by atoms with Crippen molar-refractivity contribution in [2.75, 3.05) is 29.9 Å². The molecule has 10 heteroatoms. The fraction of sp³-hybridized carbons (Fsp3) is 0.786. The molecule has 0 saturated carbocycles. The van der Waals surface area contributed by atoms with Crippen molar-refractivity contribution >= 4 is 44.2 Å². The largest absolute Gasteiger partial charge is 0.300 e. The summed E-state index contributed by atoms with van der Waals surface area (Å²) in [6.45, 7) is 4.76. The molecule has 0 bridgehead atoms. The highest BCUT2D eigenvalue weighted by atomic mass is 32.2. The van der Waals surface area contributed by atoms with Gasteiger partial charge in [0.1, 0.15) is 0 Å². The molecule has 1 N–H and O–H groups in total. The van der Waals surface area contributed by atoms with E-state index in [0.29, 0.717) is 30.9 Å². The van der Waals surface area contributed by atoms with Gasteiger partial charge in [0.05, 0.1) is 11.7 Å². The zero-order valence-corrected chi connectivity index (χ0v) is 16.5. The Hall–Kier alpha value is -0.710. The Morgan fingerprint density at radius 3 is 2.92 bits per heavy atom. The molecular formula is C14H24N4O3S3.